The van der Waals surface area contributed by atoms with Crippen molar-refractivity contribution in [1.82, 2.24) is 4.90 Å². The predicted molar refractivity (Wildman–Crippen MR) is 68.6 cm³/mol. The van der Waals surface area contributed by atoms with Crippen molar-refractivity contribution < 1.29 is 18.3 Å². The maximum atomic E-state index is 12.4. The molecule has 0 bridgehead atoms. The second kappa shape index (κ2) is 6.25. The van der Waals surface area contributed by atoms with Crippen LogP contribution in [0.25, 0.3) is 0 Å². The highest BCUT2D eigenvalue weighted by molar-refractivity contribution is 5.39. The lowest BCUT2D eigenvalue weighted by Gasteiger charge is -2.29. The lowest BCUT2D eigenvalue weighted by atomic mass is 10.1. The number of hydrogen-bond acceptors (Lipinski definition) is 3. The Hall–Kier alpha value is -1.27. The molecular weight excluding hydrogens is 257 g/mol. The number of anilines is 1. The summed E-state index contributed by atoms with van der Waals surface area (Å²) in [5.41, 5.74) is 6.62. The Bertz CT molecular complexity index is 390. The van der Waals surface area contributed by atoms with Gasteiger partial charge < -0.3 is 10.8 Å². The van der Waals surface area contributed by atoms with E-state index in [1.54, 1.807) is 38.1 Å². The molecular formula is C13H19F3N2O. The molecule has 0 spiro atoms. The first-order valence-corrected chi connectivity index (χ1v) is 6.03. The first kappa shape index (κ1) is 15.8. The topological polar surface area (TPSA) is 49.5 Å². The van der Waals surface area contributed by atoms with Crippen molar-refractivity contribution >= 4 is 5.69 Å². The summed E-state index contributed by atoms with van der Waals surface area (Å²) in [6, 6.07) is 6.16. The smallest absolute Gasteiger partial charge is 0.399 e. The van der Waals surface area contributed by atoms with Crippen molar-refractivity contribution in [2.24, 2.45) is 0 Å². The maximum Gasteiger partial charge on any atom is 0.401 e. The molecule has 0 aliphatic carbocycles. The van der Waals surface area contributed by atoms with Gasteiger partial charge in [-0.3, -0.25) is 4.90 Å². The van der Waals surface area contributed by atoms with E-state index in [1.807, 2.05) is 0 Å². The second-order valence-corrected chi connectivity index (χ2v) is 4.82. The van der Waals surface area contributed by atoms with Crippen LogP contribution < -0.4 is 5.73 Å². The largest absolute Gasteiger partial charge is 0.401 e. The van der Waals surface area contributed by atoms with Gasteiger partial charge in [0.25, 0.3) is 0 Å². The van der Waals surface area contributed by atoms with E-state index in [0.29, 0.717) is 11.3 Å². The van der Waals surface area contributed by atoms with Crippen LogP contribution in [0, 0.1) is 0 Å². The number of alkyl halides is 3. The van der Waals surface area contributed by atoms with E-state index in [9.17, 15) is 18.3 Å². The number of nitrogen functional groups attached to an aromatic ring is 1. The van der Waals surface area contributed by atoms with E-state index < -0.39 is 18.8 Å². The van der Waals surface area contributed by atoms with Crippen LogP contribution >= 0.6 is 0 Å². The van der Waals surface area contributed by atoms with Crippen molar-refractivity contribution in [2.45, 2.75) is 32.2 Å². The third kappa shape index (κ3) is 5.48. The van der Waals surface area contributed by atoms with E-state index in [0.717, 1.165) is 0 Å². The maximum absolute atomic E-state index is 12.4. The summed E-state index contributed by atoms with van der Waals surface area (Å²) in [4.78, 5) is 1.20. The Morgan fingerprint density at radius 3 is 2.16 bits per heavy atom. The zero-order valence-corrected chi connectivity index (χ0v) is 11.0. The van der Waals surface area contributed by atoms with Crippen molar-refractivity contribution in [2.75, 3.05) is 18.8 Å². The van der Waals surface area contributed by atoms with Gasteiger partial charge in [-0.05, 0) is 31.5 Å². The quantitative estimate of drug-likeness (QED) is 0.813. The summed E-state index contributed by atoms with van der Waals surface area (Å²) in [5.74, 6) is 0. The Labute approximate surface area is 110 Å². The minimum Gasteiger partial charge on any atom is -0.399 e. The predicted octanol–water partition coefficient (Wildman–Crippen LogP) is 2.57. The molecule has 108 valence electrons. The molecule has 1 aromatic carbocycles. The van der Waals surface area contributed by atoms with Gasteiger partial charge in [0.1, 0.15) is 0 Å². The molecule has 6 heteroatoms. The lowest BCUT2D eigenvalue weighted by molar-refractivity contribution is -0.152. The summed E-state index contributed by atoms with van der Waals surface area (Å²) in [6.07, 6.45) is -5.24. The molecule has 0 aromatic heterocycles. The molecule has 0 aliphatic heterocycles. The molecule has 1 rings (SSSR count). The van der Waals surface area contributed by atoms with Crippen molar-refractivity contribution in [3.05, 3.63) is 29.8 Å². The normalized spacial score (nSPS) is 14.1. The summed E-state index contributed by atoms with van der Waals surface area (Å²) in [6.45, 7) is 2.24. The van der Waals surface area contributed by atoms with Crippen molar-refractivity contribution in [3.8, 4) is 0 Å². The third-order valence-corrected chi connectivity index (χ3v) is 2.84. The number of hydrogen-bond donors (Lipinski definition) is 2. The van der Waals surface area contributed by atoms with E-state index >= 15 is 0 Å². The van der Waals surface area contributed by atoms with Gasteiger partial charge in [-0.1, -0.05) is 12.1 Å². The fourth-order valence-electron chi connectivity index (χ4n) is 1.73. The van der Waals surface area contributed by atoms with Crippen LogP contribution in [-0.4, -0.2) is 35.3 Å². The Kier molecular flexibility index (Phi) is 5.20. The molecule has 0 radical (unpaired) electrons. The summed E-state index contributed by atoms with van der Waals surface area (Å²) < 4.78 is 37.3. The number of benzene rings is 1. The van der Waals surface area contributed by atoms with Crippen LogP contribution in [-0.2, 0) is 0 Å². The molecule has 0 aliphatic rings. The average Bonchev–Trinajstić information content (AvgIpc) is 2.27. The highest BCUT2D eigenvalue weighted by Gasteiger charge is 2.32. The Balaban J connectivity index is 2.71. The van der Waals surface area contributed by atoms with E-state index in [2.05, 4.69) is 0 Å². The van der Waals surface area contributed by atoms with E-state index in [4.69, 9.17) is 5.73 Å². The first-order chi connectivity index (χ1) is 8.69. The summed E-state index contributed by atoms with van der Waals surface area (Å²) in [7, 11) is 0. The molecule has 0 amide bonds. The molecule has 0 heterocycles. The molecule has 0 fully saturated rings. The zero-order valence-electron chi connectivity index (χ0n) is 11.0. The van der Waals surface area contributed by atoms with Gasteiger partial charge in [-0.2, -0.15) is 13.2 Å². The number of halogens is 3. The molecule has 3 N–H and O–H groups in total. The number of aliphatic hydroxyl groups is 1. The molecule has 0 saturated carbocycles. The van der Waals surface area contributed by atoms with Crippen LogP contribution in [0.5, 0.6) is 0 Å². The lowest BCUT2D eigenvalue weighted by Crippen LogP contribution is -2.41. The monoisotopic (exact) mass is 276 g/mol. The Morgan fingerprint density at radius 2 is 1.74 bits per heavy atom. The number of aliphatic hydroxyl groups excluding tert-OH is 1. The summed E-state index contributed by atoms with van der Waals surface area (Å²) in [5, 5.41) is 9.98. The van der Waals surface area contributed by atoms with Crippen LogP contribution in [0.2, 0.25) is 0 Å². The van der Waals surface area contributed by atoms with Gasteiger partial charge in [0.05, 0.1) is 12.6 Å². The number of nitrogens with two attached hydrogens (primary N) is 1. The highest BCUT2D eigenvalue weighted by atomic mass is 19.4. The summed E-state index contributed by atoms with van der Waals surface area (Å²) >= 11 is 0. The minimum absolute atomic E-state index is 0.0684. The van der Waals surface area contributed by atoms with Gasteiger partial charge >= 0.3 is 6.18 Å². The van der Waals surface area contributed by atoms with Crippen molar-refractivity contribution in [3.63, 3.8) is 0 Å². The minimum atomic E-state index is -4.27. The van der Waals surface area contributed by atoms with E-state index in [-0.39, 0.29) is 12.6 Å². The fourth-order valence-corrected chi connectivity index (χ4v) is 1.73. The molecule has 3 nitrogen and oxygen atoms in total. The zero-order chi connectivity index (χ0) is 14.6. The van der Waals surface area contributed by atoms with Gasteiger partial charge in [0, 0.05) is 18.3 Å². The standard InChI is InChI=1S/C13H19F3N2O/c1-9(2)18(8-13(14,15)16)7-12(19)10-3-5-11(17)6-4-10/h3-6,9,12,19H,7-8,17H2,1-2H3. The fraction of sp³-hybridized carbons (Fsp3) is 0.538. The molecule has 0 saturated heterocycles. The van der Waals surface area contributed by atoms with Crippen LogP contribution in [0.15, 0.2) is 24.3 Å². The van der Waals surface area contributed by atoms with E-state index in [1.165, 1.54) is 4.90 Å². The molecule has 1 atom stereocenters. The first-order valence-electron chi connectivity index (χ1n) is 6.03. The molecule has 1 aromatic rings. The van der Waals surface area contributed by atoms with Crippen LogP contribution in [0.4, 0.5) is 18.9 Å². The number of nitrogens with zero attached hydrogens (tertiary/aromatic N) is 1. The third-order valence-electron chi connectivity index (χ3n) is 2.84. The van der Waals surface area contributed by atoms with Crippen LogP contribution in [0.1, 0.15) is 25.5 Å². The Morgan fingerprint density at radius 1 is 1.21 bits per heavy atom. The van der Waals surface area contributed by atoms with Gasteiger partial charge in [0.15, 0.2) is 0 Å². The highest BCUT2D eigenvalue weighted by Crippen LogP contribution is 2.22. The van der Waals surface area contributed by atoms with Gasteiger partial charge in [-0.15, -0.1) is 0 Å². The van der Waals surface area contributed by atoms with Crippen molar-refractivity contribution in [1.29, 1.82) is 0 Å². The average molecular weight is 276 g/mol. The molecule has 19 heavy (non-hydrogen) atoms. The van der Waals surface area contributed by atoms with Gasteiger partial charge in [0.2, 0.25) is 0 Å². The number of rotatable bonds is 5. The SMILES string of the molecule is CC(C)N(CC(O)c1ccc(N)cc1)CC(F)(F)F. The molecule has 1 unspecified atom stereocenters. The second-order valence-electron chi connectivity index (χ2n) is 4.82. The van der Waals surface area contributed by atoms with Crippen LogP contribution in [0.3, 0.4) is 0 Å². The van der Waals surface area contributed by atoms with Gasteiger partial charge in [-0.25, -0.2) is 0 Å².